The molecular formula is C13H9N5O2. The van der Waals surface area contributed by atoms with Gasteiger partial charge in [-0.1, -0.05) is 0 Å². The van der Waals surface area contributed by atoms with Gasteiger partial charge in [-0.05, 0) is 24.3 Å². The average molecular weight is 267 g/mol. The fourth-order valence-electron chi connectivity index (χ4n) is 1.28. The van der Waals surface area contributed by atoms with Crippen LogP contribution in [-0.4, -0.2) is 23.5 Å². The van der Waals surface area contributed by atoms with E-state index in [1.165, 1.54) is 0 Å². The van der Waals surface area contributed by atoms with Crippen molar-refractivity contribution >= 4 is 17.5 Å². The molecular weight excluding hydrogens is 258 g/mol. The van der Waals surface area contributed by atoms with E-state index in [4.69, 9.17) is 20.9 Å². The molecule has 1 aromatic rings. The lowest BCUT2D eigenvalue weighted by Crippen LogP contribution is -2.22. The predicted octanol–water partition coefficient (Wildman–Crippen LogP) is 1.12. The number of rotatable bonds is 4. The number of nitrogens with zero attached hydrogens (tertiary/aromatic N) is 4. The molecule has 0 aliphatic carbocycles. The molecule has 0 atom stereocenters. The second kappa shape index (κ2) is 7.15. The molecule has 2 N–H and O–H groups in total. The number of anilines is 1. The van der Waals surface area contributed by atoms with Crippen molar-refractivity contribution in [1.82, 2.24) is 0 Å². The van der Waals surface area contributed by atoms with Gasteiger partial charge in [-0.2, -0.15) is 15.8 Å². The van der Waals surface area contributed by atoms with Crippen LogP contribution < -0.4 is 5.32 Å². The first-order valence-corrected chi connectivity index (χ1v) is 5.43. The van der Waals surface area contributed by atoms with Crippen molar-refractivity contribution < 1.29 is 9.90 Å². The lowest BCUT2D eigenvalue weighted by Gasteiger charge is -2.09. The Hall–Kier alpha value is -3.37. The molecule has 20 heavy (non-hydrogen) atoms. The maximum atomic E-state index is 10.5. The zero-order chi connectivity index (χ0) is 15.0. The number of hydrogen-bond acceptors (Lipinski definition) is 5. The number of carboxylic acid groups (broad SMARTS) is 1. The Kier molecular flexibility index (Phi) is 5.25. The number of benzene rings is 1. The Morgan fingerprint density at radius 2 is 1.85 bits per heavy atom. The van der Waals surface area contributed by atoms with Gasteiger partial charge < -0.3 is 10.4 Å². The average Bonchev–Trinajstić information content (AvgIpc) is 2.46. The van der Waals surface area contributed by atoms with Gasteiger partial charge in [-0.3, -0.25) is 9.79 Å². The zero-order valence-electron chi connectivity index (χ0n) is 10.2. The standard InChI is InChI=1S/C13H9N5O2/c14-5-9-1-3-11(4-2-9)18-13(10(6-15)7-16)17-8-12(19)20/h1-4,10H,8H2,(H,17,18)(H,19,20). The molecule has 0 saturated carbocycles. The highest BCUT2D eigenvalue weighted by atomic mass is 16.4. The minimum Gasteiger partial charge on any atom is -0.480 e. The highest BCUT2D eigenvalue weighted by Gasteiger charge is 2.15. The number of carbonyl (C=O) groups is 1. The van der Waals surface area contributed by atoms with Crippen molar-refractivity contribution in [2.75, 3.05) is 11.9 Å². The van der Waals surface area contributed by atoms with E-state index in [1.807, 2.05) is 6.07 Å². The van der Waals surface area contributed by atoms with Crippen LogP contribution in [0.4, 0.5) is 5.69 Å². The summed E-state index contributed by atoms with van der Waals surface area (Å²) in [4.78, 5) is 14.2. The third kappa shape index (κ3) is 4.14. The number of aliphatic imine (C=N–C) groups is 1. The highest BCUT2D eigenvalue weighted by molar-refractivity contribution is 6.01. The number of nitriles is 3. The first-order valence-electron chi connectivity index (χ1n) is 5.43. The molecule has 7 heteroatoms. The summed E-state index contributed by atoms with van der Waals surface area (Å²) in [7, 11) is 0. The van der Waals surface area contributed by atoms with Crippen LogP contribution in [0, 0.1) is 39.9 Å². The first-order chi connectivity index (χ1) is 9.60. The van der Waals surface area contributed by atoms with Crippen LogP contribution in [0.15, 0.2) is 29.3 Å². The minimum atomic E-state index is -1.19. The van der Waals surface area contributed by atoms with Crippen LogP contribution in [0.25, 0.3) is 0 Å². The van der Waals surface area contributed by atoms with Gasteiger partial charge in [0, 0.05) is 5.69 Å². The van der Waals surface area contributed by atoms with Crippen LogP contribution in [0.5, 0.6) is 0 Å². The fourth-order valence-corrected chi connectivity index (χ4v) is 1.28. The second-order valence-electron chi connectivity index (χ2n) is 3.60. The van der Waals surface area contributed by atoms with Gasteiger partial charge in [0.25, 0.3) is 0 Å². The summed E-state index contributed by atoms with van der Waals surface area (Å²) in [6, 6.07) is 11.6. The summed E-state index contributed by atoms with van der Waals surface area (Å²) >= 11 is 0. The molecule has 1 aromatic carbocycles. The Balaban J connectivity index is 2.97. The van der Waals surface area contributed by atoms with Gasteiger partial charge in [-0.15, -0.1) is 0 Å². The van der Waals surface area contributed by atoms with E-state index in [-0.39, 0.29) is 5.84 Å². The first kappa shape index (κ1) is 14.7. The predicted molar refractivity (Wildman–Crippen MR) is 69.4 cm³/mol. The van der Waals surface area contributed by atoms with Crippen LogP contribution >= 0.6 is 0 Å². The molecule has 0 saturated heterocycles. The van der Waals surface area contributed by atoms with Crippen molar-refractivity contribution in [2.45, 2.75) is 0 Å². The molecule has 1 rings (SSSR count). The smallest absolute Gasteiger partial charge is 0.325 e. The number of hydrogen-bond donors (Lipinski definition) is 2. The van der Waals surface area contributed by atoms with Gasteiger partial charge in [0.2, 0.25) is 0 Å². The van der Waals surface area contributed by atoms with E-state index in [1.54, 1.807) is 36.4 Å². The largest absolute Gasteiger partial charge is 0.480 e. The molecule has 98 valence electrons. The number of carboxylic acids is 1. The topological polar surface area (TPSA) is 133 Å². The monoisotopic (exact) mass is 267 g/mol. The fraction of sp³-hybridized carbons (Fsp3) is 0.154. The molecule has 0 heterocycles. The molecule has 0 aliphatic heterocycles. The van der Waals surface area contributed by atoms with Crippen LogP contribution in [0.1, 0.15) is 5.56 Å². The Labute approximate surface area is 115 Å². The summed E-state index contributed by atoms with van der Waals surface area (Å²) in [6.45, 7) is -0.543. The van der Waals surface area contributed by atoms with Gasteiger partial charge in [0.15, 0.2) is 5.92 Å². The van der Waals surface area contributed by atoms with E-state index in [9.17, 15) is 4.79 Å². The SMILES string of the molecule is N#Cc1ccc(NC(=NCC(=O)O)C(C#N)C#N)cc1. The van der Waals surface area contributed by atoms with E-state index in [2.05, 4.69) is 10.3 Å². The van der Waals surface area contributed by atoms with Crippen molar-refractivity contribution in [3.8, 4) is 18.2 Å². The number of aliphatic carboxylic acids is 1. The van der Waals surface area contributed by atoms with Gasteiger partial charge >= 0.3 is 5.97 Å². The van der Waals surface area contributed by atoms with Crippen molar-refractivity contribution in [3.05, 3.63) is 29.8 Å². The highest BCUT2D eigenvalue weighted by Crippen LogP contribution is 2.11. The van der Waals surface area contributed by atoms with Crippen LogP contribution in [0.3, 0.4) is 0 Å². The lowest BCUT2D eigenvalue weighted by molar-refractivity contribution is -0.135. The van der Waals surface area contributed by atoms with Gasteiger partial charge in [-0.25, -0.2) is 0 Å². The molecule has 0 fully saturated rings. The second-order valence-corrected chi connectivity index (χ2v) is 3.60. The Bertz CT molecular complexity index is 629. The van der Waals surface area contributed by atoms with Gasteiger partial charge in [0.05, 0.1) is 23.8 Å². The summed E-state index contributed by atoms with van der Waals surface area (Å²) in [5.74, 6) is -2.40. The molecule has 0 unspecified atom stereocenters. The van der Waals surface area contributed by atoms with Crippen molar-refractivity contribution in [3.63, 3.8) is 0 Å². The third-order valence-electron chi connectivity index (χ3n) is 2.20. The normalized spacial score (nSPS) is 10.2. The quantitative estimate of drug-likeness (QED) is 0.620. The summed E-state index contributed by atoms with van der Waals surface area (Å²) in [5.41, 5.74) is 0.959. The van der Waals surface area contributed by atoms with Crippen LogP contribution in [0.2, 0.25) is 0 Å². The molecule has 0 bridgehead atoms. The molecule has 0 aliphatic rings. The van der Waals surface area contributed by atoms with Crippen LogP contribution in [-0.2, 0) is 4.79 Å². The maximum Gasteiger partial charge on any atom is 0.325 e. The molecule has 0 spiro atoms. The lowest BCUT2D eigenvalue weighted by atomic mass is 10.1. The summed E-state index contributed by atoms with van der Waals surface area (Å²) in [5, 5.41) is 37.7. The van der Waals surface area contributed by atoms with Gasteiger partial charge in [0.1, 0.15) is 12.4 Å². The van der Waals surface area contributed by atoms with E-state index >= 15 is 0 Å². The molecule has 0 amide bonds. The van der Waals surface area contributed by atoms with E-state index in [0.29, 0.717) is 11.3 Å². The number of amidine groups is 1. The van der Waals surface area contributed by atoms with Crippen molar-refractivity contribution in [2.24, 2.45) is 10.9 Å². The third-order valence-corrected chi connectivity index (χ3v) is 2.20. The molecule has 7 nitrogen and oxygen atoms in total. The molecule has 0 aromatic heterocycles. The Morgan fingerprint density at radius 1 is 1.25 bits per heavy atom. The Morgan fingerprint density at radius 3 is 2.30 bits per heavy atom. The van der Waals surface area contributed by atoms with E-state index < -0.39 is 18.4 Å². The summed E-state index contributed by atoms with van der Waals surface area (Å²) in [6.07, 6.45) is 0. The van der Waals surface area contributed by atoms with E-state index in [0.717, 1.165) is 0 Å². The van der Waals surface area contributed by atoms with Crippen molar-refractivity contribution in [1.29, 1.82) is 15.8 Å². The maximum absolute atomic E-state index is 10.5. The number of nitrogens with one attached hydrogen (secondary N) is 1. The summed E-state index contributed by atoms with van der Waals surface area (Å²) < 4.78 is 0. The zero-order valence-corrected chi connectivity index (χ0v) is 10.2. The molecule has 0 radical (unpaired) electrons. The minimum absolute atomic E-state index is 0.0397.